The molecule has 25 heavy (non-hydrogen) atoms. The molecule has 0 amide bonds. The number of hydrogen-bond acceptors (Lipinski definition) is 6. The standard InChI is InChI=1S/C18H22FN3O3/c19-15-5-3-13(4-6-15)16-20-17(25-21-16)14-2-1-7-22(8-14)9-18(10-23)11-24-12-18/h3-6,14,23H,1-2,7-12H2. The molecule has 1 atom stereocenters. The molecule has 7 heteroatoms. The van der Waals surface area contributed by atoms with Gasteiger partial charge in [-0.1, -0.05) is 5.16 Å². The summed E-state index contributed by atoms with van der Waals surface area (Å²) in [5, 5.41) is 13.7. The third-order valence-corrected chi connectivity index (χ3v) is 5.11. The highest BCUT2D eigenvalue weighted by Gasteiger charge is 2.40. The minimum absolute atomic E-state index is 0.115. The van der Waals surface area contributed by atoms with Gasteiger partial charge in [-0.25, -0.2) is 4.39 Å². The smallest absolute Gasteiger partial charge is 0.231 e. The van der Waals surface area contributed by atoms with Crippen molar-refractivity contribution in [2.24, 2.45) is 5.41 Å². The monoisotopic (exact) mass is 347 g/mol. The maximum Gasteiger partial charge on any atom is 0.231 e. The number of hydrogen-bond donors (Lipinski definition) is 1. The van der Waals surface area contributed by atoms with E-state index in [0.29, 0.717) is 24.9 Å². The number of aliphatic hydroxyl groups excluding tert-OH is 1. The molecule has 2 aromatic rings. The predicted octanol–water partition coefficient (Wildman–Crippen LogP) is 2.06. The number of benzene rings is 1. The van der Waals surface area contributed by atoms with Crippen LogP contribution in [0.15, 0.2) is 28.8 Å². The summed E-state index contributed by atoms with van der Waals surface area (Å²) < 4.78 is 23.8. The van der Waals surface area contributed by atoms with Crippen LogP contribution in [0.4, 0.5) is 4.39 Å². The number of rotatable bonds is 5. The molecule has 0 aliphatic carbocycles. The van der Waals surface area contributed by atoms with Gasteiger partial charge in [-0.15, -0.1) is 0 Å². The number of aromatic nitrogens is 2. The van der Waals surface area contributed by atoms with Crippen LogP contribution in [0.1, 0.15) is 24.7 Å². The number of nitrogens with zero attached hydrogens (tertiary/aromatic N) is 3. The molecule has 1 N–H and O–H groups in total. The molecule has 4 rings (SSSR count). The van der Waals surface area contributed by atoms with Gasteiger partial charge in [0.1, 0.15) is 5.82 Å². The van der Waals surface area contributed by atoms with Gasteiger partial charge in [0, 0.05) is 18.7 Å². The molecule has 6 nitrogen and oxygen atoms in total. The molecular weight excluding hydrogens is 325 g/mol. The Bertz CT molecular complexity index is 709. The summed E-state index contributed by atoms with van der Waals surface area (Å²) in [4.78, 5) is 6.87. The first-order valence-corrected chi connectivity index (χ1v) is 8.68. The van der Waals surface area contributed by atoms with Gasteiger partial charge in [-0.05, 0) is 43.7 Å². The van der Waals surface area contributed by atoms with E-state index < -0.39 is 0 Å². The summed E-state index contributed by atoms with van der Waals surface area (Å²) in [5.74, 6) is 1.03. The zero-order chi connectivity index (χ0) is 17.3. The second-order valence-electron chi connectivity index (χ2n) is 7.19. The Hall–Kier alpha value is -1.83. The van der Waals surface area contributed by atoms with Crippen molar-refractivity contribution in [1.29, 1.82) is 0 Å². The summed E-state index contributed by atoms with van der Waals surface area (Å²) in [5.41, 5.74) is 0.630. The van der Waals surface area contributed by atoms with Gasteiger partial charge in [-0.3, -0.25) is 0 Å². The molecule has 3 heterocycles. The Kier molecular flexibility index (Phi) is 4.54. The third-order valence-electron chi connectivity index (χ3n) is 5.11. The van der Waals surface area contributed by atoms with Crippen LogP contribution in [0, 0.1) is 11.2 Å². The highest BCUT2D eigenvalue weighted by molar-refractivity contribution is 5.53. The fraction of sp³-hybridized carbons (Fsp3) is 0.556. The summed E-state index contributed by atoms with van der Waals surface area (Å²) in [6.07, 6.45) is 2.06. The van der Waals surface area contributed by atoms with Crippen molar-refractivity contribution >= 4 is 0 Å². The molecule has 2 saturated heterocycles. The van der Waals surface area contributed by atoms with E-state index in [9.17, 15) is 9.50 Å². The zero-order valence-electron chi connectivity index (χ0n) is 14.0. The predicted molar refractivity (Wildman–Crippen MR) is 88.4 cm³/mol. The van der Waals surface area contributed by atoms with Gasteiger partial charge in [0.2, 0.25) is 11.7 Å². The molecule has 2 aliphatic heterocycles. The van der Waals surface area contributed by atoms with Gasteiger partial charge in [0.15, 0.2) is 0 Å². The number of likely N-dealkylation sites (tertiary alicyclic amines) is 1. The zero-order valence-corrected chi connectivity index (χ0v) is 14.0. The van der Waals surface area contributed by atoms with E-state index in [1.807, 2.05) is 0 Å². The first-order valence-electron chi connectivity index (χ1n) is 8.68. The van der Waals surface area contributed by atoms with Crippen molar-refractivity contribution in [2.45, 2.75) is 18.8 Å². The van der Waals surface area contributed by atoms with E-state index in [1.165, 1.54) is 12.1 Å². The summed E-state index contributed by atoms with van der Waals surface area (Å²) >= 11 is 0. The fourth-order valence-electron chi connectivity index (χ4n) is 3.62. The van der Waals surface area contributed by atoms with Crippen molar-refractivity contribution in [3.8, 4) is 11.4 Å². The van der Waals surface area contributed by atoms with Gasteiger partial charge in [0.05, 0.1) is 31.2 Å². The second kappa shape index (κ2) is 6.82. The summed E-state index contributed by atoms with van der Waals surface area (Å²) in [6, 6.07) is 6.09. The Morgan fingerprint density at radius 2 is 2.08 bits per heavy atom. The third kappa shape index (κ3) is 3.44. The first kappa shape index (κ1) is 16.6. The van der Waals surface area contributed by atoms with Crippen LogP contribution in [0.2, 0.25) is 0 Å². The Balaban J connectivity index is 1.44. The van der Waals surface area contributed by atoms with Crippen LogP contribution in [-0.4, -0.2) is 59.6 Å². The second-order valence-corrected chi connectivity index (χ2v) is 7.19. The lowest BCUT2D eigenvalue weighted by molar-refractivity contribution is -0.150. The van der Waals surface area contributed by atoms with E-state index in [4.69, 9.17) is 9.26 Å². The number of aliphatic hydroxyl groups is 1. The quantitative estimate of drug-likeness (QED) is 0.893. The number of piperidine rings is 1. The molecule has 2 aliphatic rings. The van der Waals surface area contributed by atoms with Crippen LogP contribution in [-0.2, 0) is 4.74 Å². The topological polar surface area (TPSA) is 71.6 Å². The van der Waals surface area contributed by atoms with Crippen LogP contribution in [0.3, 0.4) is 0 Å². The van der Waals surface area contributed by atoms with E-state index >= 15 is 0 Å². The molecular formula is C18H22FN3O3. The van der Waals surface area contributed by atoms with Crippen LogP contribution >= 0.6 is 0 Å². The van der Waals surface area contributed by atoms with Gasteiger partial charge in [-0.2, -0.15) is 4.98 Å². The maximum absolute atomic E-state index is 13.0. The molecule has 0 radical (unpaired) electrons. The molecule has 1 aromatic carbocycles. The lowest BCUT2D eigenvalue weighted by Crippen LogP contribution is -2.54. The average molecular weight is 347 g/mol. The summed E-state index contributed by atoms with van der Waals surface area (Å²) in [6.45, 7) is 4.09. The van der Waals surface area contributed by atoms with Crippen molar-refractivity contribution in [2.75, 3.05) is 39.5 Å². The molecule has 0 bridgehead atoms. The van der Waals surface area contributed by atoms with E-state index in [1.54, 1.807) is 12.1 Å². The minimum Gasteiger partial charge on any atom is -0.396 e. The number of halogens is 1. The van der Waals surface area contributed by atoms with Crippen molar-refractivity contribution in [1.82, 2.24) is 15.0 Å². The van der Waals surface area contributed by atoms with Gasteiger partial charge < -0.3 is 19.3 Å². The normalized spacial score (nSPS) is 23.4. The first-order chi connectivity index (χ1) is 12.2. The Morgan fingerprint density at radius 1 is 1.28 bits per heavy atom. The molecule has 1 aromatic heterocycles. The van der Waals surface area contributed by atoms with Crippen molar-refractivity contribution in [3.05, 3.63) is 36.0 Å². The van der Waals surface area contributed by atoms with Crippen LogP contribution < -0.4 is 0 Å². The van der Waals surface area contributed by atoms with E-state index in [-0.39, 0.29) is 23.8 Å². The highest BCUT2D eigenvalue weighted by atomic mass is 19.1. The summed E-state index contributed by atoms with van der Waals surface area (Å²) in [7, 11) is 0. The average Bonchev–Trinajstić information content (AvgIpc) is 3.09. The Labute approximate surface area is 145 Å². The maximum atomic E-state index is 13.0. The largest absolute Gasteiger partial charge is 0.396 e. The molecule has 134 valence electrons. The van der Waals surface area contributed by atoms with Crippen molar-refractivity contribution in [3.63, 3.8) is 0 Å². The molecule has 2 fully saturated rings. The minimum atomic E-state index is -0.284. The molecule has 0 spiro atoms. The molecule has 1 unspecified atom stereocenters. The highest BCUT2D eigenvalue weighted by Crippen LogP contribution is 2.32. The van der Waals surface area contributed by atoms with Crippen LogP contribution in [0.25, 0.3) is 11.4 Å². The lowest BCUT2D eigenvalue weighted by Gasteiger charge is -2.44. The Morgan fingerprint density at radius 3 is 2.76 bits per heavy atom. The van der Waals surface area contributed by atoms with E-state index in [0.717, 1.165) is 38.0 Å². The van der Waals surface area contributed by atoms with Gasteiger partial charge in [0.25, 0.3) is 0 Å². The van der Waals surface area contributed by atoms with Crippen molar-refractivity contribution < 1.29 is 18.8 Å². The SMILES string of the molecule is OCC1(CN2CCCC(c3nc(-c4ccc(F)cc4)no3)C2)COC1. The van der Waals surface area contributed by atoms with Crippen LogP contribution in [0.5, 0.6) is 0 Å². The van der Waals surface area contributed by atoms with E-state index in [2.05, 4.69) is 15.0 Å². The lowest BCUT2D eigenvalue weighted by atomic mass is 9.85. The van der Waals surface area contributed by atoms with Gasteiger partial charge >= 0.3 is 0 Å². The molecule has 0 saturated carbocycles. The fourth-order valence-corrected chi connectivity index (χ4v) is 3.62. The number of ether oxygens (including phenoxy) is 1.